The smallest absolute Gasteiger partial charge is 0.275 e. The second kappa shape index (κ2) is 6.61. The number of benzene rings is 2. The van der Waals surface area contributed by atoms with Crippen molar-refractivity contribution in [2.75, 3.05) is 19.8 Å². The van der Waals surface area contributed by atoms with Crippen molar-refractivity contribution in [3.05, 3.63) is 53.7 Å². The molecule has 1 aromatic heterocycles. The Morgan fingerprint density at radius 2 is 1.93 bits per heavy atom. The Bertz CT molecular complexity index is 997. The summed E-state index contributed by atoms with van der Waals surface area (Å²) in [6.07, 6.45) is 2.80. The van der Waals surface area contributed by atoms with Crippen LogP contribution in [-0.4, -0.2) is 40.8 Å². The predicted octanol–water partition coefficient (Wildman–Crippen LogP) is 3.70. The van der Waals surface area contributed by atoms with Gasteiger partial charge in [0.15, 0.2) is 17.2 Å². The third-order valence-corrected chi connectivity index (χ3v) is 5.34. The van der Waals surface area contributed by atoms with Crippen molar-refractivity contribution >= 4 is 16.8 Å². The van der Waals surface area contributed by atoms with Crippen LogP contribution in [0.15, 0.2) is 42.5 Å². The number of hydrogen-bond acceptors (Lipinski definition) is 4. The summed E-state index contributed by atoms with van der Waals surface area (Å²) in [6, 6.07) is 13.8. The van der Waals surface area contributed by atoms with Gasteiger partial charge in [0, 0.05) is 18.4 Å². The molecule has 0 saturated carbocycles. The minimum atomic E-state index is -0.0259. The van der Waals surface area contributed by atoms with Gasteiger partial charge in [0.25, 0.3) is 5.91 Å². The van der Waals surface area contributed by atoms with Crippen molar-refractivity contribution in [1.82, 2.24) is 15.1 Å². The number of carbonyl (C=O) groups excluding carboxylic acids is 1. The van der Waals surface area contributed by atoms with Crippen LogP contribution in [0.5, 0.6) is 11.5 Å². The molecule has 1 atom stereocenters. The average Bonchev–Trinajstić information content (AvgIpc) is 3.29. The molecule has 0 bridgehead atoms. The van der Waals surface area contributed by atoms with E-state index in [0.29, 0.717) is 18.9 Å². The fourth-order valence-corrected chi connectivity index (χ4v) is 4.01. The normalized spacial score (nSPS) is 19.3. The number of ether oxygens (including phenoxy) is 2. The van der Waals surface area contributed by atoms with Crippen molar-refractivity contribution in [2.24, 2.45) is 0 Å². The lowest BCUT2D eigenvalue weighted by atomic mass is 10.0. The third-order valence-electron chi connectivity index (χ3n) is 5.34. The van der Waals surface area contributed by atoms with Gasteiger partial charge in [0.1, 0.15) is 0 Å². The number of para-hydroxylation sites is 1. The lowest BCUT2D eigenvalue weighted by Crippen LogP contribution is -2.31. The standard InChI is InChI=1S/C21H21N3O3/c25-21(20-15-5-1-2-6-16(15)22-23-20)24-10-3-7-17(24)14-8-9-18-19(13-14)27-12-4-11-26-18/h1-2,5-6,8-9,13,17H,3-4,7,10-12H2,(H,22,23)/t17-/m0/s1. The van der Waals surface area contributed by atoms with E-state index >= 15 is 0 Å². The second-order valence-corrected chi connectivity index (χ2v) is 7.03. The first-order valence-electron chi connectivity index (χ1n) is 9.45. The maximum atomic E-state index is 13.2. The lowest BCUT2D eigenvalue weighted by molar-refractivity contribution is 0.0731. The quantitative estimate of drug-likeness (QED) is 0.754. The highest BCUT2D eigenvalue weighted by molar-refractivity contribution is 6.04. The van der Waals surface area contributed by atoms with Gasteiger partial charge >= 0.3 is 0 Å². The number of H-pyrrole nitrogens is 1. The highest BCUT2D eigenvalue weighted by atomic mass is 16.5. The van der Waals surface area contributed by atoms with Crippen LogP contribution in [0, 0.1) is 0 Å². The van der Waals surface area contributed by atoms with Crippen LogP contribution in [0.1, 0.15) is 41.4 Å². The Kier molecular flexibility index (Phi) is 3.96. The monoisotopic (exact) mass is 363 g/mol. The van der Waals surface area contributed by atoms with Gasteiger partial charge in [-0.25, -0.2) is 0 Å². The summed E-state index contributed by atoms with van der Waals surface area (Å²) >= 11 is 0. The minimum Gasteiger partial charge on any atom is -0.490 e. The fraction of sp³-hybridized carbons (Fsp3) is 0.333. The van der Waals surface area contributed by atoms with Gasteiger partial charge < -0.3 is 14.4 Å². The predicted molar refractivity (Wildman–Crippen MR) is 101 cm³/mol. The van der Waals surface area contributed by atoms with Gasteiger partial charge in [-0.05, 0) is 36.6 Å². The number of nitrogens with one attached hydrogen (secondary N) is 1. The van der Waals surface area contributed by atoms with Crippen molar-refractivity contribution in [1.29, 1.82) is 0 Å². The van der Waals surface area contributed by atoms with Gasteiger partial charge in [-0.15, -0.1) is 0 Å². The highest BCUT2D eigenvalue weighted by Crippen LogP contribution is 2.38. The molecular weight excluding hydrogens is 342 g/mol. The topological polar surface area (TPSA) is 67.5 Å². The number of fused-ring (bicyclic) bond motifs is 2. The summed E-state index contributed by atoms with van der Waals surface area (Å²) < 4.78 is 11.6. The third kappa shape index (κ3) is 2.81. The molecule has 1 saturated heterocycles. The number of amides is 1. The van der Waals surface area contributed by atoms with Crippen molar-refractivity contribution in [3.63, 3.8) is 0 Å². The summed E-state index contributed by atoms with van der Waals surface area (Å²) in [6.45, 7) is 2.06. The molecular formula is C21H21N3O3. The van der Waals surface area contributed by atoms with Gasteiger partial charge in [0.05, 0.1) is 24.8 Å². The second-order valence-electron chi connectivity index (χ2n) is 7.03. The van der Waals surface area contributed by atoms with E-state index in [0.717, 1.165) is 53.8 Å². The number of carbonyl (C=O) groups is 1. The van der Waals surface area contributed by atoms with Crippen molar-refractivity contribution < 1.29 is 14.3 Å². The Morgan fingerprint density at radius 1 is 1.07 bits per heavy atom. The number of rotatable bonds is 2. The zero-order chi connectivity index (χ0) is 18.2. The Hall–Kier alpha value is -3.02. The van der Waals surface area contributed by atoms with Gasteiger partial charge in [-0.3, -0.25) is 9.89 Å². The molecule has 1 N–H and O–H groups in total. The van der Waals surface area contributed by atoms with Crippen LogP contribution in [0.25, 0.3) is 10.9 Å². The first-order valence-corrected chi connectivity index (χ1v) is 9.45. The van der Waals surface area contributed by atoms with E-state index < -0.39 is 0 Å². The van der Waals surface area contributed by atoms with Crippen LogP contribution in [0.4, 0.5) is 0 Å². The lowest BCUT2D eigenvalue weighted by Gasteiger charge is -2.25. The number of aromatic amines is 1. The van der Waals surface area contributed by atoms with E-state index in [-0.39, 0.29) is 11.9 Å². The molecule has 6 heteroatoms. The molecule has 3 aromatic rings. The van der Waals surface area contributed by atoms with E-state index in [2.05, 4.69) is 10.2 Å². The molecule has 1 fully saturated rings. The van der Waals surface area contributed by atoms with E-state index in [1.165, 1.54) is 0 Å². The first-order chi connectivity index (χ1) is 13.3. The molecule has 6 nitrogen and oxygen atoms in total. The van der Waals surface area contributed by atoms with Gasteiger partial charge in [-0.2, -0.15) is 5.10 Å². The number of aromatic nitrogens is 2. The SMILES string of the molecule is O=C(c1n[nH]c2ccccc12)N1CCC[C@H]1c1ccc2c(c1)OCCCO2. The molecule has 0 radical (unpaired) electrons. The summed E-state index contributed by atoms with van der Waals surface area (Å²) in [5.74, 6) is 1.53. The number of hydrogen-bond donors (Lipinski definition) is 1. The molecule has 1 amide bonds. The number of nitrogens with zero attached hydrogens (tertiary/aromatic N) is 2. The zero-order valence-corrected chi connectivity index (χ0v) is 15.0. The molecule has 2 aromatic carbocycles. The molecule has 0 spiro atoms. The van der Waals surface area contributed by atoms with Crippen molar-refractivity contribution in [3.8, 4) is 11.5 Å². The summed E-state index contributed by atoms with van der Waals surface area (Å²) in [5, 5.41) is 8.12. The van der Waals surface area contributed by atoms with Crippen LogP contribution >= 0.6 is 0 Å². The molecule has 27 heavy (non-hydrogen) atoms. The molecule has 3 heterocycles. The summed E-state index contributed by atoms with van der Waals surface area (Å²) in [7, 11) is 0. The highest BCUT2D eigenvalue weighted by Gasteiger charge is 2.33. The van der Waals surface area contributed by atoms with Crippen LogP contribution in [0.3, 0.4) is 0 Å². The molecule has 2 aliphatic heterocycles. The van der Waals surface area contributed by atoms with E-state index in [4.69, 9.17) is 9.47 Å². The largest absolute Gasteiger partial charge is 0.490 e. The van der Waals surface area contributed by atoms with Gasteiger partial charge in [-0.1, -0.05) is 24.3 Å². The Balaban J connectivity index is 1.47. The summed E-state index contributed by atoms with van der Waals surface area (Å²) in [5.41, 5.74) is 2.46. The zero-order valence-electron chi connectivity index (χ0n) is 15.0. The Morgan fingerprint density at radius 3 is 2.85 bits per heavy atom. The molecule has 0 aliphatic carbocycles. The molecule has 138 valence electrons. The van der Waals surface area contributed by atoms with Crippen LogP contribution in [0.2, 0.25) is 0 Å². The maximum absolute atomic E-state index is 13.2. The molecule has 5 rings (SSSR count). The van der Waals surface area contributed by atoms with Crippen molar-refractivity contribution in [2.45, 2.75) is 25.3 Å². The van der Waals surface area contributed by atoms with E-state index in [1.54, 1.807) is 0 Å². The van der Waals surface area contributed by atoms with E-state index in [9.17, 15) is 4.79 Å². The molecule has 2 aliphatic rings. The van der Waals surface area contributed by atoms with Crippen LogP contribution in [-0.2, 0) is 0 Å². The maximum Gasteiger partial charge on any atom is 0.275 e. The van der Waals surface area contributed by atoms with Gasteiger partial charge in [0.2, 0.25) is 0 Å². The fourth-order valence-electron chi connectivity index (χ4n) is 4.01. The molecule has 0 unspecified atom stereocenters. The Labute approximate surface area is 157 Å². The number of likely N-dealkylation sites (tertiary alicyclic amines) is 1. The van der Waals surface area contributed by atoms with E-state index in [1.807, 2.05) is 47.4 Å². The van der Waals surface area contributed by atoms with Crippen LogP contribution < -0.4 is 9.47 Å². The average molecular weight is 363 g/mol. The first kappa shape index (κ1) is 16.2. The summed E-state index contributed by atoms with van der Waals surface area (Å²) in [4.78, 5) is 15.2. The minimum absolute atomic E-state index is 0.0259.